The van der Waals surface area contributed by atoms with Crippen LogP contribution in [0.25, 0.3) is 0 Å². The summed E-state index contributed by atoms with van der Waals surface area (Å²) < 4.78 is 5.62. The summed E-state index contributed by atoms with van der Waals surface area (Å²) in [6, 6.07) is 0.417. The molecule has 2 N–H and O–H groups in total. The van der Waals surface area contributed by atoms with E-state index in [-0.39, 0.29) is 0 Å². The van der Waals surface area contributed by atoms with Crippen molar-refractivity contribution < 1.29 is 14.6 Å². The highest BCUT2D eigenvalue weighted by Gasteiger charge is 2.37. The first kappa shape index (κ1) is 14.8. The lowest BCUT2D eigenvalue weighted by Crippen LogP contribution is -2.50. The molecule has 19 heavy (non-hydrogen) atoms. The van der Waals surface area contributed by atoms with Gasteiger partial charge in [-0.05, 0) is 44.9 Å². The van der Waals surface area contributed by atoms with Crippen molar-refractivity contribution in [1.29, 1.82) is 0 Å². The number of carboxylic acid groups (broad SMARTS) is 1. The molecule has 2 aliphatic carbocycles. The van der Waals surface area contributed by atoms with Gasteiger partial charge in [0, 0.05) is 19.3 Å². The Kier molecular flexibility index (Phi) is 5.22. The van der Waals surface area contributed by atoms with Gasteiger partial charge in [0.2, 0.25) is 0 Å². The lowest BCUT2D eigenvalue weighted by molar-refractivity contribution is -0.144. The van der Waals surface area contributed by atoms with E-state index in [0.29, 0.717) is 19.1 Å². The van der Waals surface area contributed by atoms with Gasteiger partial charge in [-0.25, -0.2) is 0 Å². The van der Waals surface area contributed by atoms with E-state index < -0.39 is 11.5 Å². The minimum Gasteiger partial charge on any atom is -0.480 e. The number of carbonyl (C=O) groups is 1. The summed E-state index contributed by atoms with van der Waals surface area (Å²) in [4.78, 5) is 11.3. The summed E-state index contributed by atoms with van der Waals surface area (Å²) in [5.41, 5.74) is -0.779. The fourth-order valence-corrected chi connectivity index (χ4v) is 2.58. The molecule has 4 nitrogen and oxygen atoms in total. The Morgan fingerprint density at radius 3 is 2.58 bits per heavy atom. The van der Waals surface area contributed by atoms with Crippen LogP contribution < -0.4 is 5.32 Å². The highest BCUT2D eigenvalue weighted by Crippen LogP contribution is 2.29. The van der Waals surface area contributed by atoms with Crippen molar-refractivity contribution in [3.8, 4) is 0 Å². The Balaban J connectivity index is 1.54. The van der Waals surface area contributed by atoms with E-state index in [9.17, 15) is 9.90 Å². The zero-order chi connectivity index (χ0) is 13.7. The van der Waals surface area contributed by atoms with Crippen LogP contribution in [-0.4, -0.2) is 35.9 Å². The van der Waals surface area contributed by atoms with Gasteiger partial charge in [0.05, 0.1) is 0 Å². The molecule has 0 spiro atoms. The van der Waals surface area contributed by atoms with Crippen LogP contribution in [0.4, 0.5) is 0 Å². The van der Waals surface area contributed by atoms with E-state index in [0.717, 1.165) is 31.8 Å². The number of hydrogen-bond acceptors (Lipinski definition) is 3. The monoisotopic (exact) mass is 269 g/mol. The van der Waals surface area contributed by atoms with E-state index >= 15 is 0 Å². The van der Waals surface area contributed by atoms with Gasteiger partial charge < -0.3 is 9.84 Å². The Hall–Kier alpha value is -0.610. The molecule has 2 aliphatic rings. The summed E-state index contributed by atoms with van der Waals surface area (Å²) in [6.07, 6.45) is 8.97. The summed E-state index contributed by atoms with van der Waals surface area (Å²) in [5.74, 6) is 0.148. The third-order valence-corrected chi connectivity index (χ3v) is 4.43. The van der Waals surface area contributed by atoms with Crippen molar-refractivity contribution in [3.05, 3.63) is 0 Å². The molecule has 0 saturated heterocycles. The van der Waals surface area contributed by atoms with E-state index in [1.54, 1.807) is 6.92 Å². The Morgan fingerprint density at radius 2 is 2.05 bits per heavy atom. The molecule has 0 aromatic rings. The lowest BCUT2D eigenvalue weighted by atomic mass is 9.83. The fourth-order valence-electron chi connectivity index (χ4n) is 2.58. The predicted molar refractivity (Wildman–Crippen MR) is 74.2 cm³/mol. The van der Waals surface area contributed by atoms with Crippen LogP contribution in [0.15, 0.2) is 0 Å². The first-order valence-corrected chi connectivity index (χ1v) is 7.69. The molecule has 0 radical (unpaired) electrons. The number of ether oxygens (including phenoxy) is 1. The number of rotatable bonds is 10. The zero-order valence-corrected chi connectivity index (χ0v) is 12.0. The first-order chi connectivity index (χ1) is 9.10. The molecule has 2 saturated carbocycles. The fraction of sp³-hybridized carbons (Fsp3) is 0.933. The molecule has 0 amide bonds. The highest BCUT2D eigenvalue weighted by molar-refractivity contribution is 5.78. The molecule has 0 aromatic heterocycles. The molecule has 110 valence electrons. The summed E-state index contributed by atoms with van der Waals surface area (Å²) in [6.45, 7) is 3.31. The largest absolute Gasteiger partial charge is 0.480 e. The maximum absolute atomic E-state index is 11.3. The third-order valence-electron chi connectivity index (χ3n) is 4.43. The minimum atomic E-state index is -0.779. The molecule has 2 rings (SSSR count). The Morgan fingerprint density at radius 1 is 1.32 bits per heavy atom. The smallest absolute Gasteiger partial charge is 0.323 e. The van der Waals surface area contributed by atoms with Crippen molar-refractivity contribution in [1.82, 2.24) is 5.32 Å². The molecule has 1 unspecified atom stereocenters. The zero-order valence-electron chi connectivity index (χ0n) is 12.0. The topological polar surface area (TPSA) is 58.6 Å². The van der Waals surface area contributed by atoms with Crippen LogP contribution in [0, 0.1) is 5.92 Å². The van der Waals surface area contributed by atoms with Gasteiger partial charge in [0.25, 0.3) is 0 Å². The molecular weight excluding hydrogens is 242 g/mol. The molecule has 1 atom stereocenters. The van der Waals surface area contributed by atoms with Crippen LogP contribution in [0.5, 0.6) is 0 Å². The summed E-state index contributed by atoms with van der Waals surface area (Å²) in [7, 11) is 0. The van der Waals surface area contributed by atoms with Gasteiger partial charge in [-0.1, -0.05) is 19.3 Å². The highest BCUT2D eigenvalue weighted by atomic mass is 16.5. The quantitative estimate of drug-likeness (QED) is 0.598. The van der Waals surface area contributed by atoms with Crippen molar-refractivity contribution in [3.63, 3.8) is 0 Å². The van der Waals surface area contributed by atoms with E-state index in [4.69, 9.17) is 4.74 Å². The Labute approximate surface area is 115 Å². The Bertz CT molecular complexity index is 300. The SMILES string of the molecule is CC(CCCOCCC1CCC1)(NC1CC1)C(=O)O. The molecule has 4 heteroatoms. The molecular formula is C15H27NO3. The van der Waals surface area contributed by atoms with Crippen LogP contribution in [0.2, 0.25) is 0 Å². The van der Waals surface area contributed by atoms with Gasteiger partial charge in [0.15, 0.2) is 0 Å². The molecule has 0 aromatic carbocycles. The normalized spacial score (nSPS) is 22.8. The number of carboxylic acids is 1. The van der Waals surface area contributed by atoms with Crippen LogP contribution in [0.3, 0.4) is 0 Å². The number of hydrogen-bond donors (Lipinski definition) is 2. The minimum absolute atomic E-state index is 0.417. The van der Waals surface area contributed by atoms with Gasteiger partial charge in [-0.2, -0.15) is 0 Å². The second-order valence-electron chi connectivity index (χ2n) is 6.36. The third kappa shape index (κ3) is 4.77. The molecule has 2 fully saturated rings. The standard InChI is InChI=1S/C15H27NO3/c1-15(14(17)18,16-13-6-7-13)9-3-10-19-11-8-12-4-2-5-12/h12-13,16H,2-11H2,1H3,(H,17,18). The number of aliphatic carboxylic acids is 1. The average molecular weight is 269 g/mol. The molecule has 0 heterocycles. The van der Waals surface area contributed by atoms with Crippen molar-refractivity contribution in [2.75, 3.05) is 13.2 Å². The van der Waals surface area contributed by atoms with Gasteiger partial charge in [-0.15, -0.1) is 0 Å². The van der Waals surface area contributed by atoms with Gasteiger partial charge >= 0.3 is 5.97 Å². The second-order valence-corrected chi connectivity index (χ2v) is 6.36. The van der Waals surface area contributed by atoms with E-state index in [1.165, 1.54) is 25.7 Å². The maximum atomic E-state index is 11.3. The first-order valence-electron chi connectivity index (χ1n) is 7.69. The summed E-state index contributed by atoms with van der Waals surface area (Å²) >= 11 is 0. The van der Waals surface area contributed by atoms with Gasteiger partial charge in [-0.3, -0.25) is 10.1 Å². The molecule has 0 aliphatic heterocycles. The van der Waals surface area contributed by atoms with E-state index in [1.807, 2.05) is 0 Å². The van der Waals surface area contributed by atoms with Crippen molar-refractivity contribution >= 4 is 5.97 Å². The van der Waals surface area contributed by atoms with E-state index in [2.05, 4.69) is 5.32 Å². The summed E-state index contributed by atoms with van der Waals surface area (Å²) in [5, 5.41) is 12.6. The second kappa shape index (κ2) is 6.71. The van der Waals surface area contributed by atoms with Crippen molar-refractivity contribution in [2.24, 2.45) is 5.92 Å². The lowest BCUT2D eigenvalue weighted by Gasteiger charge is -2.27. The average Bonchev–Trinajstić information content (AvgIpc) is 3.09. The van der Waals surface area contributed by atoms with Crippen LogP contribution in [0.1, 0.15) is 58.3 Å². The van der Waals surface area contributed by atoms with Crippen LogP contribution >= 0.6 is 0 Å². The van der Waals surface area contributed by atoms with Crippen molar-refractivity contribution in [2.45, 2.75) is 69.9 Å². The van der Waals surface area contributed by atoms with Gasteiger partial charge in [0.1, 0.15) is 5.54 Å². The number of nitrogens with one attached hydrogen (secondary N) is 1. The van der Waals surface area contributed by atoms with Crippen LogP contribution in [-0.2, 0) is 9.53 Å². The maximum Gasteiger partial charge on any atom is 0.323 e. The predicted octanol–water partition coefficient (Wildman–Crippen LogP) is 2.57. The molecule has 0 bridgehead atoms.